The standard InChI is InChI=1S/C14H24FN3O/c1-5-8-19-14-10-13(12(16)9-11(14)15)18(4)7-6-17(2)3/h9-10H,5-8,16H2,1-4H3. The summed E-state index contributed by atoms with van der Waals surface area (Å²) in [6.45, 7) is 4.20. The van der Waals surface area contributed by atoms with E-state index in [1.54, 1.807) is 6.07 Å². The summed E-state index contributed by atoms with van der Waals surface area (Å²) in [6, 6.07) is 3.00. The van der Waals surface area contributed by atoms with Gasteiger partial charge >= 0.3 is 0 Å². The number of nitrogens with zero attached hydrogens (tertiary/aromatic N) is 2. The van der Waals surface area contributed by atoms with Crippen LogP contribution >= 0.6 is 0 Å². The van der Waals surface area contributed by atoms with Crippen LogP contribution in [-0.2, 0) is 0 Å². The van der Waals surface area contributed by atoms with Gasteiger partial charge in [0.15, 0.2) is 11.6 Å². The predicted molar refractivity (Wildman–Crippen MR) is 78.4 cm³/mol. The van der Waals surface area contributed by atoms with Crippen LogP contribution in [0, 0.1) is 5.82 Å². The van der Waals surface area contributed by atoms with Crippen LogP contribution in [0.2, 0.25) is 0 Å². The molecule has 1 rings (SSSR count). The number of nitrogens with two attached hydrogens (primary N) is 1. The lowest BCUT2D eigenvalue weighted by molar-refractivity contribution is 0.301. The first-order chi connectivity index (χ1) is 8.95. The van der Waals surface area contributed by atoms with E-state index in [1.165, 1.54) is 6.07 Å². The van der Waals surface area contributed by atoms with E-state index in [4.69, 9.17) is 10.5 Å². The quantitative estimate of drug-likeness (QED) is 0.771. The lowest BCUT2D eigenvalue weighted by Crippen LogP contribution is -2.29. The van der Waals surface area contributed by atoms with Crippen LogP contribution in [0.3, 0.4) is 0 Å². The molecule has 2 N–H and O–H groups in total. The molecule has 0 spiro atoms. The molecule has 0 aliphatic heterocycles. The van der Waals surface area contributed by atoms with E-state index in [2.05, 4.69) is 4.90 Å². The Balaban J connectivity index is 2.86. The highest BCUT2D eigenvalue weighted by molar-refractivity contribution is 5.69. The van der Waals surface area contributed by atoms with Crippen molar-refractivity contribution in [1.29, 1.82) is 0 Å². The molecule has 0 fully saturated rings. The second-order valence-electron chi connectivity index (χ2n) is 4.91. The Morgan fingerprint density at radius 3 is 2.47 bits per heavy atom. The summed E-state index contributed by atoms with van der Waals surface area (Å²) in [5.74, 6) is -0.140. The van der Waals surface area contributed by atoms with Gasteiger partial charge in [0, 0.05) is 32.3 Å². The molecule has 0 saturated heterocycles. The van der Waals surface area contributed by atoms with Gasteiger partial charge in [0.2, 0.25) is 0 Å². The molecule has 108 valence electrons. The maximum absolute atomic E-state index is 13.7. The first-order valence-electron chi connectivity index (χ1n) is 6.53. The van der Waals surface area contributed by atoms with Gasteiger partial charge in [0.1, 0.15) is 0 Å². The van der Waals surface area contributed by atoms with Crippen molar-refractivity contribution < 1.29 is 9.13 Å². The lowest BCUT2D eigenvalue weighted by Gasteiger charge is -2.23. The third kappa shape index (κ3) is 4.59. The molecule has 0 saturated carbocycles. The maximum atomic E-state index is 13.7. The van der Waals surface area contributed by atoms with Crippen LogP contribution in [0.5, 0.6) is 5.75 Å². The first kappa shape index (κ1) is 15.6. The minimum Gasteiger partial charge on any atom is -0.490 e. The van der Waals surface area contributed by atoms with Crippen LogP contribution in [0.15, 0.2) is 12.1 Å². The van der Waals surface area contributed by atoms with Gasteiger partial charge in [-0.25, -0.2) is 4.39 Å². The Morgan fingerprint density at radius 2 is 1.89 bits per heavy atom. The van der Waals surface area contributed by atoms with E-state index in [0.717, 1.165) is 25.2 Å². The Kier molecular flexibility index (Phi) is 5.89. The molecule has 0 radical (unpaired) electrons. The average molecular weight is 269 g/mol. The second kappa shape index (κ2) is 7.19. The van der Waals surface area contributed by atoms with Gasteiger partial charge in [-0.2, -0.15) is 0 Å². The molecular weight excluding hydrogens is 245 g/mol. The van der Waals surface area contributed by atoms with E-state index in [9.17, 15) is 4.39 Å². The molecule has 0 bridgehead atoms. The van der Waals surface area contributed by atoms with Gasteiger partial charge in [-0.1, -0.05) is 6.92 Å². The average Bonchev–Trinajstić information content (AvgIpc) is 2.35. The molecule has 19 heavy (non-hydrogen) atoms. The molecule has 4 nitrogen and oxygen atoms in total. The fourth-order valence-electron chi connectivity index (χ4n) is 1.68. The highest BCUT2D eigenvalue weighted by Gasteiger charge is 2.12. The summed E-state index contributed by atoms with van der Waals surface area (Å²) in [4.78, 5) is 4.10. The molecule has 5 heteroatoms. The fourth-order valence-corrected chi connectivity index (χ4v) is 1.68. The summed E-state index contributed by atoms with van der Waals surface area (Å²) in [7, 11) is 5.96. The van der Waals surface area contributed by atoms with Gasteiger partial charge in [-0.3, -0.25) is 0 Å². The van der Waals surface area contributed by atoms with Crippen molar-refractivity contribution in [3.63, 3.8) is 0 Å². The van der Waals surface area contributed by atoms with Crippen molar-refractivity contribution in [1.82, 2.24) is 4.90 Å². The van der Waals surface area contributed by atoms with Crippen molar-refractivity contribution >= 4 is 11.4 Å². The van der Waals surface area contributed by atoms with Crippen LogP contribution < -0.4 is 15.4 Å². The van der Waals surface area contributed by atoms with Crippen molar-refractivity contribution in [2.75, 3.05) is 51.5 Å². The lowest BCUT2D eigenvalue weighted by atomic mass is 10.2. The molecule has 0 atom stereocenters. The molecule has 1 aromatic rings. The molecule has 0 unspecified atom stereocenters. The third-order valence-electron chi connectivity index (χ3n) is 2.84. The van der Waals surface area contributed by atoms with Crippen LogP contribution in [0.4, 0.5) is 15.8 Å². The smallest absolute Gasteiger partial charge is 0.167 e. The molecule has 1 aromatic carbocycles. The van der Waals surface area contributed by atoms with Gasteiger partial charge < -0.3 is 20.3 Å². The zero-order valence-corrected chi connectivity index (χ0v) is 12.2. The number of halogens is 1. The normalized spacial score (nSPS) is 10.8. The molecule has 0 aromatic heterocycles. The Bertz CT molecular complexity index is 410. The van der Waals surface area contributed by atoms with Gasteiger partial charge in [0.05, 0.1) is 18.0 Å². The summed E-state index contributed by atoms with van der Waals surface area (Å²) in [5, 5.41) is 0. The predicted octanol–water partition coefficient (Wildman–Crippen LogP) is 2.19. The summed E-state index contributed by atoms with van der Waals surface area (Å²) < 4.78 is 19.1. The van der Waals surface area contributed by atoms with Crippen LogP contribution in [-0.4, -0.2) is 45.7 Å². The number of likely N-dealkylation sites (N-methyl/N-ethyl adjacent to an activating group) is 2. The number of ether oxygens (including phenoxy) is 1. The van der Waals surface area contributed by atoms with E-state index in [1.807, 2.05) is 33.0 Å². The number of anilines is 2. The zero-order chi connectivity index (χ0) is 14.4. The maximum Gasteiger partial charge on any atom is 0.167 e. The SMILES string of the molecule is CCCOc1cc(N(C)CCN(C)C)c(N)cc1F. The van der Waals surface area contributed by atoms with Crippen LogP contribution in [0.1, 0.15) is 13.3 Å². The zero-order valence-electron chi connectivity index (χ0n) is 12.2. The van der Waals surface area contributed by atoms with E-state index in [0.29, 0.717) is 12.3 Å². The minimum atomic E-state index is -0.407. The highest BCUT2D eigenvalue weighted by atomic mass is 19.1. The Morgan fingerprint density at radius 1 is 1.21 bits per heavy atom. The molecule has 0 aliphatic rings. The Labute approximate surface area is 114 Å². The van der Waals surface area contributed by atoms with Crippen molar-refractivity contribution in [3.8, 4) is 5.75 Å². The topological polar surface area (TPSA) is 41.7 Å². The fraction of sp³-hybridized carbons (Fsp3) is 0.571. The molecule has 0 aliphatic carbocycles. The number of benzene rings is 1. The summed E-state index contributed by atoms with van der Waals surface area (Å²) >= 11 is 0. The summed E-state index contributed by atoms with van der Waals surface area (Å²) in [6.07, 6.45) is 0.843. The van der Waals surface area contributed by atoms with Crippen molar-refractivity contribution in [3.05, 3.63) is 17.9 Å². The van der Waals surface area contributed by atoms with Gasteiger partial charge in [0.25, 0.3) is 0 Å². The third-order valence-corrected chi connectivity index (χ3v) is 2.84. The summed E-state index contributed by atoms with van der Waals surface area (Å²) in [5.41, 5.74) is 7.11. The van der Waals surface area contributed by atoms with Gasteiger partial charge in [-0.15, -0.1) is 0 Å². The largest absolute Gasteiger partial charge is 0.490 e. The number of rotatable bonds is 7. The van der Waals surface area contributed by atoms with E-state index < -0.39 is 5.82 Å². The number of nitrogen functional groups attached to an aromatic ring is 1. The Hall–Kier alpha value is -1.49. The molecule has 0 heterocycles. The van der Waals surface area contributed by atoms with E-state index in [-0.39, 0.29) is 5.75 Å². The van der Waals surface area contributed by atoms with Crippen molar-refractivity contribution in [2.45, 2.75) is 13.3 Å². The molecule has 0 amide bonds. The molecular formula is C14H24FN3O. The second-order valence-corrected chi connectivity index (χ2v) is 4.91. The first-order valence-corrected chi connectivity index (χ1v) is 6.53. The van der Waals surface area contributed by atoms with Crippen molar-refractivity contribution in [2.24, 2.45) is 0 Å². The van der Waals surface area contributed by atoms with E-state index >= 15 is 0 Å². The number of hydrogen-bond acceptors (Lipinski definition) is 4. The van der Waals surface area contributed by atoms with Gasteiger partial charge in [-0.05, 0) is 20.5 Å². The minimum absolute atomic E-state index is 0.266. The highest BCUT2D eigenvalue weighted by Crippen LogP contribution is 2.30. The number of hydrogen-bond donors (Lipinski definition) is 1. The monoisotopic (exact) mass is 269 g/mol. The van der Waals surface area contributed by atoms with Crippen LogP contribution in [0.25, 0.3) is 0 Å².